The monoisotopic (exact) mass is 1000 g/mol. The summed E-state index contributed by atoms with van der Waals surface area (Å²) in [5.41, 5.74) is 1.49. The van der Waals surface area contributed by atoms with Crippen LogP contribution in [0.2, 0.25) is 0 Å². The summed E-state index contributed by atoms with van der Waals surface area (Å²) in [4.78, 5) is 23.8. The number of rotatable bonds is 18. The average molecular weight is 1000 g/mol. The summed E-state index contributed by atoms with van der Waals surface area (Å²) in [5.74, 6) is -0.907. The average Bonchev–Trinajstić information content (AvgIpc) is 3.27. The molecule has 6 rings (SSSR count). The van der Waals surface area contributed by atoms with Crippen LogP contribution in [0.5, 0.6) is 28.7 Å². The van der Waals surface area contributed by atoms with E-state index in [0.717, 1.165) is 43.7 Å². The summed E-state index contributed by atoms with van der Waals surface area (Å²) in [6.45, 7) is 15.2. The molecule has 6 aromatic carbocycles. The number of hydrogen-bond acceptors (Lipinski definition) is 12. The number of fused-ring (bicyclic) bond motifs is 2. The van der Waals surface area contributed by atoms with Gasteiger partial charge in [0.25, 0.3) is 26.1 Å². The van der Waals surface area contributed by atoms with Crippen molar-refractivity contribution in [3.8, 4) is 28.7 Å². The molecule has 0 saturated heterocycles. The van der Waals surface area contributed by atoms with E-state index < -0.39 is 53.3 Å². The van der Waals surface area contributed by atoms with Crippen molar-refractivity contribution in [1.29, 1.82) is 0 Å². The summed E-state index contributed by atoms with van der Waals surface area (Å²) < 4.78 is 81.0. The van der Waals surface area contributed by atoms with Crippen LogP contribution in [0.3, 0.4) is 0 Å². The number of azo groups is 1. The Labute approximate surface area is 446 Å². The molecule has 6 aromatic rings. The Bertz CT molecular complexity index is 3150. The zero-order valence-electron chi connectivity index (χ0n) is 40.2. The number of benzene rings is 6. The zero-order chi connectivity index (χ0) is 49.1. The second kappa shape index (κ2) is 23.1. The van der Waals surface area contributed by atoms with Crippen molar-refractivity contribution in [2.24, 2.45) is 10.2 Å². The van der Waals surface area contributed by atoms with Crippen LogP contribution < -0.4 is 20.1 Å². The van der Waals surface area contributed by atoms with Crippen molar-refractivity contribution in [1.82, 2.24) is 5.32 Å². The fourth-order valence-electron chi connectivity index (χ4n) is 7.30. The second-order valence-corrected chi connectivity index (χ2v) is 20.2. The van der Waals surface area contributed by atoms with E-state index in [1.165, 1.54) is 41.5 Å². The number of carbonyl (C=O) groups excluding carboxylic acids is 2. The quantitative estimate of drug-likeness (QED) is 0.0204. The Morgan fingerprint density at radius 1 is 0.725 bits per heavy atom. The van der Waals surface area contributed by atoms with Gasteiger partial charge in [0, 0.05) is 94.3 Å². The first kappa shape index (κ1) is 57.0. The van der Waals surface area contributed by atoms with Crippen LogP contribution in [-0.2, 0) is 35.9 Å². The number of phenols is 2. The van der Waals surface area contributed by atoms with Gasteiger partial charge in [0.2, 0.25) is 5.91 Å². The smallest absolute Gasteiger partial charge is 0.296 e. The van der Waals surface area contributed by atoms with Gasteiger partial charge in [-0.1, -0.05) is 77.9 Å². The van der Waals surface area contributed by atoms with Crippen LogP contribution in [0.1, 0.15) is 95.6 Å². The first-order chi connectivity index (χ1) is 31.4. The van der Waals surface area contributed by atoms with Gasteiger partial charge in [-0.15, -0.1) is 5.11 Å². The number of amides is 2. The Morgan fingerprint density at radius 2 is 1.38 bits per heavy atom. The van der Waals surface area contributed by atoms with Gasteiger partial charge in [-0.05, 0) is 102 Å². The molecule has 0 bridgehead atoms. The molecule has 0 heterocycles. The molecule has 0 aliphatic heterocycles. The molecule has 0 aliphatic carbocycles. The van der Waals surface area contributed by atoms with Crippen molar-refractivity contribution < 1.29 is 55.2 Å². The number of nitrogens with one attached hydrogen (secondary N) is 2. The van der Waals surface area contributed by atoms with Crippen LogP contribution in [0, 0.1) is 0 Å². The Kier molecular flexibility index (Phi) is 19.1. The van der Waals surface area contributed by atoms with Crippen LogP contribution >= 0.6 is 0 Å². The van der Waals surface area contributed by atoms with Gasteiger partial charge in [0.1, 0.15) is 33.6 Å². The number of phenolic OH excluding ortho intramolecular Hbond substituents is 2. The topological polar surface area (TPSA) is 251 Å². The minimum absolute atomic E-state index is 0. The molecule has 20 heteroatoms. The molecule has 0 aromatic heterocycles. The molecule has 6 N–H and O–H groups in total. The van der Waals surface area contributed by atoms with E-state index in [2.05, 4.69) is 80.6 Å². The number of nitrogens with zero attached hydrogens (tertiary/aromatic N) is 2. The van der Waals surface area contributed by atoms with Gasteiger partial charge >= 0.3 is 0 Å². The van der Waals surface area contributed by atoms with Gasteiger partial charge < -0.3 is 30.3 Å². The molecular formula is C49H54N4Na2O12S2. The number of aromatic hydroxyl groups is 2. The molecule has 0 aliphatic rings. The van der Waals surface area contributed by atoms with E-state index >= 15 is 0 Å². The van der Waals surface area contributed by atoms with Gasteiger partial charge in [0.05, 0.1) is 28.4 Å². The normalized spacial score (nSPS) is 12.1. The summed E-state index contributed by atoms with van der Waals surface area (Å²) in [7, 11) is -9.99. The van der Waals surface area contributed by atoms with E-state index in [1.54, 1.807) is 24.3 Å². The molecule has 0 unspecified atom stereocenters. The largest absolute Gasteiger partial charge is 0.506 e. The maximum atomic E-state index is 13.5. The van der Waals surface area contributed by atoms with Gasteiger partial charge in [-0.25, -0.2) is 0 Å². The first-order valence-corrected chi connectivity index (χ1v) is 24.4. The molecule has 69 heavy (non-hydrogen) atoms. The summed E-state index contributed by atoms with van der Waals surface area (Å²) in [6, 6.07) is 23.2. The maximum Gasteiger partial charge on any atom is 0.296 e. The van der Waals surface area contributed by atoms with E-state index in [0.29, 0.717) is 36.8 Å². The van der Waals surface area contributed by atoms with Crippen LogP contribution in [0.15, 0.2) is 111 Å². The van der Waals surface area contributed by atoms with Crippen LogP contribution in [0.25, 0.3) is 21.5 Å². The Morgan fingerprint density at radius 3 is 1.99 bits per heavy atom. The molecule has 2 radical (unpaired) electrons. The second-order valence-electron chi connectivity index (χ2n) is 17.4. The molecule has 2 amide bonds. The van der Waals surface area contributed by atoms with E-state index in [9.17, 15) is 45.7 Å². The van der Waals surface area contributed by atoms with E-state index in [-0.39, 0.29) is 115 Å². The van der Waals surface area contributed by atoms with E-state index in [4.69, 9.17) is 9.47 Å². The fourth-order valence-corrected chi connectivity index (χ4v) is 8.50. The Hall–Kier alpha value is -4.60. The number of ether oxygens (including phenoxy) is 2. The molecular weight excluding hydrogens is 947 g/mol. The third-order valence-electron chi connectivity index (χ3n) is 11.9. The fraction of sp³-hybridized carbons (Fsp3) is 0.306. The minimum atomic E-state index is -5.12. The molecule has 0 saturated carbocycles. The predicted molar refractivity (Wildman–Crippen MR) is 267 cm³/mol. The molecule has 0 atom stereocenters. The number of anilines is 1. The number of unbranched alkanes of at least 4 members (excludes halogenated alkanes) is 1. The van der Waals surface area contributed by atoms with Gasteiger partial charge in [0.15, 0.2) is 5.75 Å². The third kappa shape index (κ3) is 13.4. The van der Waals surface area contributed by atoms with Crippen molar-refractivity contribution in [3.05, 3.63) is 108 Å². The molecule has 0 spiro atoms. The molecule has 356 valence electrons. The van der Waals surface area contributed by atoms with Crippen molar-refractivity contribution in [3.63, 3.8) is 0 Å². The molecule has 0 fully saturated rings. The first-order valence-electron chi connectivity index (χ1n) is 21.5. The maximum absolute atomic E-state index is 13.5. The number of carbonyl (C=O) groups is 2. The summed E-state index contributed by atoms with van der Waals surface area (Å²) in [5, 5.41) is 36.0. The zero-order valence-corrected chi connectivity index (χ0v) is 45.8. The summed E-state index contributed by atoms with van der Waals surface area (Å²) >= 11 is 0. The SMILES string of the molecule is CCC(C)(C)c1ccc(OCCCCNC(=O)c2cc(Oc3ccc(N=Nc4c(S(=O)(=O)O)cc5cc(S(=O)(=O)O)cc(NC(C)=O)c5c4O)cc3)c3ccccc3c2O)c(C(C)(C)CC)c1.[Na].[Na]. The van der Waals surface area contributed by atoms with Gasteiger partial charge in [-0.2, -0.15) is 21.9 Å². The van der Waals surface area contributed by atoms with Crippen LogP contribution in [-0.4, -0.2) is 120 Å². The minimum Gasteiger partial charge on any atom is -0.506 e. The van der Waals surface area contributed by atoms with E-state index in [1.807, 2.05) is 0 Å². The van der Waals surface area contributed by atoms with Gasteiger partial charge in [-0.3, -0.25) is 18.7 Å². The molecule has 16 nitrogen and oxygen atoms in total. The van der Waals surface area contributed by atoms with Crippen LogP contribution in [0.4, 0.5) is 17.1 Å². The third-order valence-corrected chi connectivity index (χ3v) is 13.6. The van der Waals surface area contributed by atoms with Crippen molar-refractivity contribution in [2.45, 2.75) is 94.8 Å². The predicted octanol–water partition coefficient (Wildman–Crippen LogP) is 10.3. The van der Waals surface area contributed by atoms with Crippen molar-refractivity contribution in [2.75, 3.05) is 18.5 Å². The standard InChI is InChI=1S/C49H54N4O12S2.2Na/c1-8-48(4,5)31-16-21-40(38(26-31)49(6,7)9-2)64-23-13-12-22-50-47(57)37-28-41(35-14-10-11-15-36(35)45(37)55)65-33-19-17-32(18-20-33)52-53-44-42(67(61,62)63)25-30-24-34(66(58,59)60)27-39(51-29(3)54)43(30)46(44)56;;/h10-11,14-21,24-28,55-56H,8-9,12-13,22-23H2,1-7H3,(H,50,57)(H,51,54)(H,58,59,60)(H,61,62,63);;. The number of hydrogen-bond donors (Lipinski definition) is 6. The van der Waals surface area contributed by atoms with Crippen molar-refractivity contribution >= 4 is 130 Å². The summed E-state index contributed by atoms with van der Waals surface area (Å²) in [6.07, 6.45) is 3.26. The Balaban J connectivity index is 0.00000518.